The minimum Gasteiger partial charge on any atom is -0.371 e. The van der Waals surface area contributed by atoms with Gasteiger partial charge in [-0.1, -0.05) is 13.8 Å². The fourth-order valence-electron chi connectivity index (χ4n) is 2.51. The topological polar surface area (TPSA) is 57.3 Å². The van der Waals surface area contributed by atoms with E-state index in [1.807, 2.05) is 24.5 Å². The standard InChI is InChI=1S/C16H26N4O/c1-13(2)11-19-16(21)12-18-14-5-9-20(10-6-14)15-3-7-17-8-4-15/h3-4,7-8,13-14,18H,5-6,9-12H2,1-2H3,(H,19,21). The lowest BCUT2D eigenvalue weighted by molar-refractivity contribution is -0.120. The number of carbonyl (C=O) groups excluding carboxylic acids is 1. The molecule has 5 heteroatoms. The third-order valence-electron chi connectivity index (χ3n) is 3.78. The van der Waals surface area contributed by atoms with Crippen LogP contribution in [0.1, 0.15) is 26.7 Å². The summed E-state index contributed by atoms with van der Waals surface area (Å²) in [5.41, 5.74) is 1.23. The van der Waals surface area contributed by atoms with Gasteiger partial charge in [0, 0.05) is 43.8 Å². The molecule has 1 aromatic rings. The maximum absolute atomic E-state index is 11.7. The summed E-state index contributed by atoms with van der Waals surface area (Å²) in [6.07, 6.45) is 5.80. The van der Waals surface area contributed by atoms with Crippen molar-refractivity contribution < 1.29 is 4.79 Å². The molecule has 1 amide bonds. The number of aromatic nitrogens is 1. The minimum absolute atomic E-state index is 0.0975. The Morgan fingerprint density at radius 1 is 1.33 bits per heavy atom. The largest absolute Gasteiger partial charge is 0.371 e. The van der Waals surface area contributed by atoms with Crippen molar-refractivity contribution in [1.29, 1.82) is 0 Å². The smallest absolute Gasteiger partial charge is 0.233 e. The number of carbonyl (C=O) groups is 1. The molecule has 2 heterocycles. The van der Waals surface area contributed by atoms with Crippen LogP contribution in [0.2, 0.25) is 0 Å². The van der Waals surface area contributed by atoms with E-state index in [2.05, 4.69) is 34.4 Å². The van der Waals surface area contributed by atoms with Gasteiger partial charge in [0.25, 0.3) is 0 Å². The third kappa shape index (κ3) is 5.34. The maximum atomic E-state index is 11.7. The number of nitrogens with one attached hydrogen (secondary N) is 2. The highest BCUT2D eigenvalue weighted by Gasteiger charge is 2.19. The fraction of sp³-hybridized carbons (Fsp3) is 0.625. The summed E-state index contributed by atoms with van der Waals surface area (Å²) in [7, 11) is 0. The maximum Gasteiger partial charge on any atom is 0.233 e. The van der Waals surface area contributed by atoms with E-state index in [4.69, 9.17) is 0 Å². The molecule has 5 nitrogen and oxygen atoms in total. The van der Waals surface area contributed by atoms with Gasteiger partial charge in [0.15, 0.2) is 0 Å². The number of rotatable bonds is 6. The number of nitrogens with zero attached hydrogens (tertiary/aromatic N) is 2. The highest BCUT2D eigenvalue weighted by Crippen LogP contribution is 2.18. The van der Waals surface area contributed by atoms with Crippen molar-refractivity contribution in [1.82, 2.24) is 15.6 Å². The van der Waals surface area contributed by atoms with Crippen LogP contribution in [0.15, 0.2) is 24.5 Å². The molecule has 0 atom stereocenters. The molecule has 1 aromatic heterocycles. The van der Waals surface area contributed by atoms with Crippen LogP contribution in [0, 0.1) is 5.92 Å². The van der Waals surface area contributed by atoms with Gasteiger partial charge in [0.1, 0.15) is 0 Å². The summed E-state index contributed by atoms with van der Waals surface area (Å²) in [6.45, 7) is 7.42. The second-order valence-corrected chi connectivity index (χ2v) is 6.05. The van der Waals surface area contributed by atoms with E-state index in [0.717, 1.165) is 32.5 Å². The van der Waals surface area contributed by atoms with Crippen molar-refractivity contribution in [2.75, 3.05) is 31.1 Å². The zero-order valence-corrected chi connectivity index (χ0v) is 13.0. The molecule has 0 aliphatic carbocycles. The number of pyridine rings is 1. The van der Waals surface area contributed by atoms with Crippen molar-refractivity contribution in [3.63, 3.8) is 0 Å². The van der Waals surface area contributed by atoms with Crippen molar-refractivity contribution in [2.24, 2.45) is 5.92 Å². The number of amides is 1. The molecule has 1 saturated heterocycles. The SMILES string of the molecule is CC(C)CNC(=O)CNC1CCN(c2ccncc2)CC1. The highest BCUT2D eigenvalue weighted by atomic mass is 16.1. The molecular weight excluding hydrogens is 264 g/mol. The molecule has 0 aromatic carbocycles. The van der Waals surface area contributed by atoms with Crippen LogP contribution in [-0.2, 0) is 4.79 Å². The summed E-state index contributed by atoms with van der Waals surface area (Å²) in [4.78, 5) is 18.1. The van der Waals surface area contributed by atoms with Gasteiger partial charge in [0.2, 0.25) is 5.91 Å². The predicted molar refractivity (Wildman–Crippen MR) is 85.3 cm³/mol. The highest BCUT2D eigenvalue weighted by molar-refractivity contribution is 5.78. The molecule has 0 unspecified atom stereocenters. The van der Waals surface area contributed by atoms with Crippen LogP contribution >= 0.6 is 0 Å². The number of hydrogen-bond acceptors (Lipinski definition) is 4. The van der Waals surface area contributed by atoms with E-state index in [9.17, 15) is 4.79 Å². The van der Waals surface area contributed by atoms with Crippen molar-refractivity contribution in [3.8, 4) is 0 Å². The Hall–Kier alpha value is -1.62. The van der Waals surface area contributed by atoms with Gasteiger partial charge in [-0.3, -0.25) is 9.78 Å². The normalized spacial score (nSPS) is 16.2. The van der Waals surface area contributed by atoms with Crippen LogP contribution < -0.4 is 15.5 Å². The number of hydrogen-bond donors (Lipinski definition) is 2. The van der Waals surface area contributed by atoms with E-state index >= 15 is 0 Å². The second kappa shape index (κ2) is 7.98. The zero-order chi connectivity index (χ0) is 15.1. The molecule has 116 valence electrons. The Morgan fingerprint density at radius 3 is 2.62 bits per heavy atom. The fourth-order valence-corrected chi connectivity index (χ4v) is 2.51. The third-order valence-corrected chi connectivity index (χ3v) is 3.78. The van der Waals surface area contributed by atoms with E-state index in [1.165, 1.54) is 5.69 Å². The Balaban J connectivity index is 1.66. The Morgan fingerprint density at radius 2 is 2.00 bits per heavy atom. The van der Waals surface area contributed by atoms with Gasteiger partial charge in [-0.2, -0.15) is 0 Å². The molecule has 0 saturated carbocycles. The van der Waals surface area contributed by atoms with Crippen molar-refractivity contribution in [2.45, 2.75) is 32.7 Å². The molecule has 0 bridgehead atoms. The molecule has 2 N–H and O–H groups in total. The Bertz CT molecular complexity index is 427. The van der Waals surface area contributed by atoms with Crippen LogP contribution in [-0.4, -0.2) is 43.1 Å². The lowest BCUT2D eigenvalue weighted by Gasteiger charge is -2.33. The lowest BCUT2D eigenvalue weighted by atomic mass is 10.0. The Labute approximate surface area is 127 Å². The summed E-state index contributed by atoms with van der Waals surface area (Å²) in [5.74, 6) is 0.595. The van der Waals surface area contributed by atoms with Gasteiger partial charge in [-0.15, -0.1) is 0 Å². The van der Waals surface area contributed by atoms with E-state index in [-0.39, 0.29) is 5.91 Å². The molecule has 1 fully saturated rings. The van der Waals surface area contributed by atoms with Gasteiger partial charge in [0.05, 0.1) is 6.54 Å². The lowest BCUT2D eigenvalue weighted by Crippen LogP contribution is -2.46. The van der Waals surface area contributed by atoms with E-state index < -0.39 is 0 Å². The van der Waals surface area contributed by atoms with Gasteiger partial charge in [-0.25, -0.2) is 0 Å². The van der Waals surface area contributed by atoms with E-state index in [0.29, 0.717) is 18.5 Å². The molecule has 21 heavy (non-hydrogen) atoms. The second-order valence-electron chi connectivity index (χ2n) is 6.05. The first kappa shape index (κ1) is 15.8. The van der Waals surface area contributed by atoms with Crippen LogP contribution in [0.3, 0.4) is 0 Å². The quantitative estimate of drug-likeness (QED) is 0.832. The summed E-state index contributed by atoms with van der Waals surface area (Å²) in [5, 5.41) is 6.30. The van der Waals surface area contributed by atoms with Gasteiger partial charge in [-0.05, 0) is 30.9 Å². The zero-order valence-electron chi connectivity index (χ0n) is 13.0. The first-order valence-electron chi connectivity index (χ1n) is 7.80. The molecule has 1 aliphatic rings. The first-order valence-corrected chi connectivity index (χ1v) is 7.80. The molecular formula is C16H26N4O. The van der Waals surface area contributed by atoms with Crippen LogP contribution in [0.25, 0.3) is 0 Å². The Kier molecular flexibility index (Phi) is 5.99. The summed E-state index contributed by atoms with van der Waals surface area (Å²) in [6, 6.07) is 4.54. The van der Waals surface area contributed by atoms with Crippen molar-refractivity contribution >= 4 is 11.6 Å². The predicted octanol–water partition coefficient (Wildman–Crippen LogP) is 1.41. The molecule has 2 rings (SSSR count). The monoisotopic (exact) mass is 290 g/mol. The van der Waals surface area contributed by atoms with Gasteiger partial charge < -0.3 is 15.5 Å². The average Bonchev–Trinajstić information content (AvgIpc) is 2.52. The van der Waals surface area contributed by atoms with Crippen LogP contribution in [0.5, 0.6) is 0 Å². The summed E-state index contributed by atoms with van der Waals surface area (Å²) < 4.78 is 0. The molecule has 1 aliphatic heterocycles. The van der Waals surface area contributed by atoms with E-state index in [1.54, 1.807) is 0 Å². The molecule has 0 radical (unpaired) electrons. The number of piperidine rings is 1. The summed E-state index contributed by atoms with van der Waals surface area (Å²) >= 11 is 0. The number of anilines is 1. The minimum atomic E-state index is 0.0975. The van der Waals surface area contributed by atoms with Gasteiger partial charge >= 0.3 is 0 Å². The first-order chi connectivity index (χ1) is 10.1. The molecule has 0 spiro atoms. The average molecular weight is 290 g/mol. The van der Waals surface area contributed by atoms with Crippen LogP contribution in [0.4, 0.5) is 5.69 Å². The van der Waals surface area contributed by atoms with Crippen molar-refractivity contribution in [3.05, 3.63) is 24.5 Å².